The molecule has 2 amide bonds. The van der Waals surface area contributed by atoms with Gasteiger partial charge in [-0.05, 0) is 0 Å². The van der Waals surface area contributed by atoms with Crippen LogP contribution in [0.5, 0.6) is 0 Å². The molecule has 1 aliphatic heterocycles. The van der Waals surface area contributed by atoms with Crippen molar-refractivity contribution >= 4 is 23.6 Å². The van der Waals surface area contributed by atoms with Crippen molar-refractivity contribution in [1.82, 2.24) is 14.9 Å². The Morgan fingerprint density at radius 2 is 2.13 bits per heavy atom. The van der Waals surface area contributed by atoms with Crippen molar-refractivity contribution in [1.29, 1.82) is 0 Å². The fraction of sp³-hybridized carbons (Fsp3) is 0.444. The Kier molecular flexibility index (Phi) is 3.05. The zero-order valence-electron chi connectivity index (χ0n) is 8.10. The number of aromatic nitrogens is 2. The fourth-order valence-corrected chi connectivity index (χ4v) is 2.19. The molecule has 0 aromatic carbocycles. The lowest BCUT2D eigenvalue weighted by Gasteiger charge is -2.23. The molecule has 1 aromatic rings. The molecule has 1 aromatic heterocycles. The average Bonchev–Trinajstić information content (AvgIpc) is 2.70. The number of nitrogens with one attached hydrogen (secondary N) is 1. The highest BCUT2D eigenvalue weighted by molar-refractivity contribution is 8.00. The van der Waals surface area contributed by atoms with Crippen LogP contribution in [0.15, 0.2) is 12.4 Å². The van der Waals surface area contributed by atoms with E-state index in [-0.39, 0.29) is 11.8 Å². The van der Waals surface area contributed by atoms with Gasteiger partial charge in [0.15, 0.2) is 0 Å². The normalized spacial score (nSPS) is 17.2. The predicted molar refractivity (Wildman–Crippen MR) is 56.3 cm³/mol. The van der Waals surface area contributed by atoms with Gasteiger partial charge in [0, 0.05) is 25.4 Å². The summed E-state index contributed by atoms with van der Waals surface area (Å²) in [5.41, 5.74) is 0. The van der Waals surface area contributed by atoms with E-state index in [0.29, 0.717) is 24.5 Å². The molecule has 80 valence electrons. The minimum atomic E-state index is -0.0946. The summed E-state index contributed by atoms with van der Waals surface area (Å²) >= 11 is 1.37. The maximum Gasteiger partial charge on any atom is 0.239 e. The van der Waals surface area contributed by atoms with E-state index in [4.69, 9.17) is 0 Å². The zero-order chi connectivity index (χ0) is 10.7. The van der Waals surface area contributed by atoms with E-state index >= 15 is 0 Å². The summed E-state index contributed by atoms with van der Waals surface area (Å²) in [6.45, 7) is 0.422. The minimum absolute atomic E-state index is 0.0946. The smallest absolute Gasteiger partial charge is 0.239 e. The molecule has 1 aliphatic rings. The van der Waals surface area contributed by atoms with Gasteiger partial charge in [-0.25, -0.2) is 4.98 Å². The van der Waals surface area contributed by atoms with E-state index in [0.717, 1.165) is 5.82 Å². The van der Waals surface area contributed by atoms with Crippen LogP contribution in [0.25, 0.3) is 0 Å². The topological polar surface area (TPSA) is 66.1 Å². The second-order valence-electron chi connectivity index (χ2n) is 3.22. The Balaban J connectivity index is 1.92. The number of rotatable bonds is 3. The summed E-state index contributed by atoms with van der Waals surface area (Å²) in [4.78, 5) is 31.1. The lowest BCUT2D eigenvalue weighted by Crippen LogP contribution is -2.44. The largest absolute Gasteiger partial charge is 0.349 e. The number of carbonyl (C=O) groups is 2. The number of hydrogen-bond donors (Lipinski definition) is 1. The van der Waals surface area contributed by atoms with Crippen LogP contribution in [0, 0.1) is 0 Å². The van der Waals surface area contributed by atoms with Gasteiger partial charge in [-0.3, -0.25) is 14.5 Å². The Labute approximate surface area is 91.3 Å². The summed E-state index contributed by atoms with van der Waals surface area (Å²) < 4.78 is 0. The lowest BCUT2D eigenvalue weighted by molar-refractivity contribution is -0.142. The number of imidazole rings is 1. The van der Waals surface area contributed by atoms with Gasteiger partial charge in [0.2, 0.25) is 11.8 Å². The summed E-state index contributed by atoms with van der Waals surface area (Å²) in [5.74, 6) is 1.42. The molecule has 0 radical (unpaired) electrons. The Bertz CT molecular complexity index is 347. The van der Waals surface area contributed by atoms with E-state index in [2.05, 4.69) is 9.97 Å². The molecule has 1 saturated heterocycles. The van der Waals surface area contributed by atoms with E-state index in [1.165, 1.54) is 16.7 Å². The molecule has 0 atom stereocenters. The van der Waals surface area contributed by atoms with Crippen LogP contribution < -0.4 is 0 Å². The van der Waals surface area contributed by atoms with Crippen LogP contribution in [0.4, 0.5) is 0 Å². The van der Waals surface area contributed by atoms with Crippen LogP contribution in [0.2, 0.25) is 0 Å². The van der Waals surface area contributed by atoms with E-state index in [1.807, 2.05) is 0 Å². The molecular weight excluding hydrogens is 214 g/mol. The second-order valence-corrected chi connectivity index (χ2v) is 4.20. The molecule has 2 heterocycles. The van der Waals surface area contributed by atoms with Crippen molar-refractivity contribution < 1.29 is 9.59 Å². The highest BCUT2D eigenvalue weighted by atomic mass is 32.2. The zero-order valence-corrected chi connectivity index (χ0v) is 8.92. The molecular formula is C9H11N3O2S. The first kappa shape index (κ1) is 10.2. The standard InChI is InChI=1S/C9H11N3O2S/c13-8-5-15-6-9(14)12(8)4-1-7-10-2-3-11-7/h2-3H,1,4-6H2,(H,10,11). The van der Waals surface area contributed by atoms with E-state index in [9.17, 15) is 9.59 Å². The molecule has 0 spiro atoms. The molecule has 0 unspecified atom stereocenters. The number of thioether (sulfide) groups is 1. The molecule has 0 bridgehead atoms. The number of carbonyl (C=O) groups excluding carboxylic acids is 2. The first-order valence-corrected chi connectivity index (χ1v) is 5.82. The monoisotopic (exact) mass is 225 g/mol. The van der Waals surface area contributed by atoms with Crippen molar-refractivity contribution in [3.05, 3.63) is 18.2 Å². The van der Waals surface area contributed by atoms with Gasteiger partial charge in [-0.1, -0.05) is 0 Å². The first-order chi connectivity index (χ1) is 7.27. The summed E-state index contributed by atoms with van der Waals surface area (Å²) in [6, 6.07) is 0. The molecule has 0 aliphatic carbocycles. The van der Waals surface area contributed by atoms with Crippen LogP contribution >= 0.6 is 11.8 Å². The van der Waals surface area contributed by atoms with Gasteiger partial charge in [0.1, 0.15) is 5.82 Å². The maximum atomic E-state index is 11.4. The van der Waals surface area contributed by atoms with Crippen LogP contribution in [-0.4, -0.2) is 44.7 Å². The van der Waals surface area contributed by atoms with E-state index in [1.54, 1.807) is 12.4 Å². The Morgan fingerprint density at radius 1 is 1.40 bits per heavy atom. The van der Waals surface area contributed by atoms with Crippen LogP contribution in [-0.2, 0) is 16.0 Å². The van der Waals surface area contributed by atoms with Gasteiger partial charge in [-0.2, -0.15) is 0 Å². The molecule has 1 N–H and O–H groups in total. The lowest BCUT2D eigenvalue weighted by atomic mass is 10.3. The Hall–Kier alpha value is -1.30. The van der Waals surface area contributed by atoms with Crippen molar-refractivity contribution in [2.75, 3.05) is 18.1 Å². The van der Waals surface area contributed by atoms with Crippen LogP contribution in [0.3, 0.4) is 0 Å². The quantitative estimate of drug-likeness (QED) is 0.738. The number of hydrogen-bond acceptors (Lipinski definition) is 4. The van der Waals surface area contributed by atoms with Crippen LogP contribution in [0.1, 0.15) is 5.82 Å². The number of amides is 2. The van der Waals surface area contributed by atoms with Crippen molar-refractivity contribution in [3.63, 3.8) is 0 Å². The number of aromatic amines is 1. The molecule has 6 heteroatoms. The Morgan fingerprint density at radius 3 is 2.73 bits per heavy atom. The SMILES string of the molecule is O=C1CSCC(=O)N1CCc1ncc[nH]1. The number of nitrogens with zero attached hydrogens (tertiary/aromatic N) is 2. The van der Waals surface area contributed by atoms with Gasteiger partial charge >= 0.3 is 0 Å². The van der Waals surface area contributed by atoms with Crippen molar-refractivity contribution in [2.45, 2.75) is 6.42 Å². The highest BCUT2D eigenvalue weighted by Gasteiger charge is 2.25. The fourth-order valence-electron chi connectivity index (χ4n) is 1.42. The van der Waals surface area contributed by atoms with Gasteiger partial charge in [0.25, 0.3) is 0 Å². The highest BCUT2D eigenvalue weighted by Crippen LogP contribution is 2.12. The predicted octanol–water partition coefficient (Wildman–Crippen LogP) is 0.0542. The maximum absolute atomic E-state index is 11.4. The number of imide groups is 1. The van der Waals surface area contributed by atoms with Gasteiger partial charge < -0.3 is 4.98 Å². The van der Waals surface area contributed by atoms with Gasteiger partial charge in [-0.15, -0.1) is 11.8 Å². The third-order valence-corrected chi connectivity index (χ3v) is 3.08. The molecule has 0 saturated carbocycles. The molecule has 2 rings (SSSR count). The van der Waals surface area contributed by atoms with Crippen molar-refractivity contribution in [2.24, 2.45) is 0 Å². The van der Waals surface area contributed by atoms with Crippen molar-refractivity contribution in [3.8, 4) is 0 Å². The summed E-state index contributed by atoms with van der Waals surface area (Å²) in [5, 5.41) is 0. The third kappa shape index (κ3) is 2.38. The number of H-pyrrole nitrogens is 1. The molecule has 5 nitrogen and oxygen atoms in total. The van der Waals surface area contributed by atoms with E-state index < -0.39 is 0 Å². The van der Waals surface area contributed by atoms with Gasteiger partial charge in [0.05, 0.1) is 11.5 Å². The summed E-state index contributed by atoms with van der Waals surface area (Å²) in [6.07, 6.45) is 3.98. The third-order valence-electron chi connectivity index (χ3n) is 2.18. The first-order valence-electron chi connectivity index (χ1n) is 4.66. The molecule has 1 fully saturated rings. The minimum Gasteiger partial charge on any atom is -0.349 e. The molecule has 15 heavy (non-hydrogen) atoms. The summed E-state index contributed by atoms with van der Waals surface area (Å²) in [7, 11) is 0. The average molecular weight is 225 g/mol. The second kappa shape index (κ2) is 4.48.